The lowest BCUT2D eigenvalue weighted by atomic mass is 10.2. The first-order valence-corrected chi connectivity index (χ1v) is 6.08. The molecule has 0 fully saturated rings. The number of nitrogens with one attached hydrogen (secondary N) is 1. The number of carbonyl (C=O) groups excluding carboxylic acids is 2. The van der Waals surface area contributed by atoms with Crippen LogP contribution >= 0.6 is 11.8 Å². The quantitative estimate of drug-likeness (QED) is 0.475. The zero-order valence-corrected chi connectivity index (χ0v) is 10.6. The van der Waals surface area contributed by atoms with Crippen LogP contribution in [0.5, 0.6) is 0 Å². The molecule has 0 spiro atoms. The van der Waals surface area contributed by atoms with E-state index in [9.17, 15) is 9.59 Å². The van der Waals surface area contributed by atoms with Gasteiger partial charge in [-0.3, -0.25) is 4.79 Å². The van der Waals surface area contributed by atoms with Crippen molar-refractivity contribution in [3.8, 4) is 0 Å². The highest BCUT2D eigenvalue weighted by Crippen LogP contribution is 2.26. The first-order chi connectivity index (χ1) is 8.12. The first kappa shape index (κ1) is 13.6. The number of esters is 1. The molecule has 5 heteroatoms. The summed E-state index contributed by atoms with van der Waals surface area (Å²) in [7, 11) is 1.30. The second-order valence-corrected chi connectivity index (χ2v) is 4.96. The molecule has 1 amide bonds. The zero-order chi connectivity index (χ0) is 12.7. The standard InChI is InChI=1S/C12H15NO3S/c1-12(13-9-14,11(15)16-2)17-8-10-6-4-3-5-7-10/h3-7,9H,8H2,1-2H3,(H,13,14). The molecule has 0 aliphatic rings. The molecule has 0 radical (unpaired) electrons. The SMILES string of the molecule is COC(=O)C(C)(NC=O)SCc1ccccc1. The summed E-state index contributed by atoms with van der Waals surface area (Å²) in [4.78, 5) is 21.1. The lowest BCUT2D eigenvalue weighted by Crippen LogP contribution is -2.46. The van der Waals surface area contributed by atoms with E-state index in [0.717, 1.165) is 5.56 Å². The van der Waals surface area contributed by atoms with E-state index in [0.29, 0.717) is 12.2 Å². The van der Waals surface area contributed by atoms with Gasteiger partial charge in [0.05, 0.1) is 7.11 Å². The van der Waals surface area contributed by atoms with Crippen molar-refractivity contribution in [3.63, 3.8) is 0 Å². The average Bonchev–Trinajstić information content (AvgIpc) is 2.37. The lowest BCUT2D eigenvalue weighted by Gasteiger charge is -2.25. The molecule has 0 bridgehead atoms. The molecule has 1 N–H and O–H groups in total. The molecule has 0 saturated heterocycles. The molecular weight excluding hydrogens is 238 g/mol. The number of thioether (sulfide) groups is 1. The van der Waals surface area contributed by atoms with Crippen molar-refractivity contribution in [1.82, 2.24) is 5.32 Å². The molecule has 4 nitrogen and oxygen atoms in total. The Kier molecular flexibility index (Phi) is 5.03. The van der Waals surface area contributed by atoms with E-state index in [1.165, 1.54) is 18.9 Å². The van der Waals surface area contributed by atoms with E-state index in [1.54, 1.807) is 6.92 Å². The van der Waals surface area contributed by atoms with Crippen LogP contribution in [0.15, 0.2) is 30.3 Å². The van der Waals surface area contributed by atoms with Gasteiger partial charge in [-0.1, -0.05) is 30.3 Å². The van der Waals surface area contributed by atoms with E-state index in [4.69, 9.17) is 0 Å². The molecule has 1 atom stereocenters. The molecule has 0 aliphatic carbocycles. The number of hydrogen-bond donors (Lipinski definition) is 1. The smallest absolute Gasteiger partial charge is 0.341 e. The highest BCUT2D eigenvalue weighted by atomic mass is 32.2. The fourth-order valence-electron chi connectivity index (χ4n) is 1.27. The van der Waals surface area contributed by atoms with Gasteiger partial charge in [0.15, 0.2) is 4.87 Å². The molecule has 1 aromatic rings. The summed E-state index contributed by atoms with van der Waals surface area (Å²) in [6, 6.07) is 9.71. The number of ether oxygens (including phenoxy) is 1. The molecule has 0 aromatic heterocycles. The zero-order valence-electron chi connectivity index (χ0n) is 9.80. The van der Waals surface area contributed by atoms with Crippen LogP contribution in [0.2, 0.25) is 0 Å². The summed E-state index contributed by atoms with van der Waals surface area (Å²) in [5, 5.41) is 2.49. The van der Waals surface area contributed by atoms with Gasteiger partial charge in [-0.05, 0) is 12.5 Å². The number of carbonyl (C=O) groups is 2. The molecule has 1 unspecified atom stereocenters. The molecule has 17 heavy (non-hydrogen) atoms. The van der Waals surface area contributed by atoms with Crippen molar-refractivity contribution >= 4 is 24.1 Å². The number of hydrogen-bond acceptors (Lipinski definition) is 4. The fourth-order valence-corrected chi connectivity index (χ4v) is 2.25. The monoisotopic (exact) mass is 253 g/mol. The van der Waals surface area contributed by atoms with Gasteiger partial charge in [-0.2, -0.15) is 0 Å². The van der Waals surface area contributed by atoms with Crippen LogP contribution < -0.4 is 5.32 Å². The van der Waals surface area contributed by atoms with Crippen molar-refractivity contribution in [2.45, 2.75) is 17.5 Å². The number of rotatable bonds is 6. The van der Waals surface area contributed by atoms with Crippen LogP contribution in [-0.2, 0) is 20.1 Å². The summed E-state index contributed by atoms with van der Waals surface area (Å²) in [5.74, 6) is 0.151. The Morgan fingerprint density at radius 3 is 2.65 bits per heavy atom. The fraction of sp³-hybridized carbons (Fsp3) is 0.333. The van der Waals surface area contributed by atoms with E-state index < -0.39 is 10.8 Å². The molecule has 1 rings (SSSR count). The lowest BCUT2D eigenvalue weighted by molar-refractivity contribution is -0.144. The summed E-state index contributed by atoms with van der Waals surface area (Å²) >= 11 is 1.32. The van der Waals surface area contributed by atoms with Crippen LogP contribution in [0.25, 0.3) is 0 Å². The number of benzene rings is 1. The largest absolute Gasteiger partial charge is 0.467 e. The molecule has 92 valence electrons. The van der Waals surface area contributed by atoms with Gasteiger partial charge in [0.25, 0.3) is 0 Å². The van der Waals surface area contributed by atoms with Gasteiger partial charge >= 0.3 is 5.97 Å². The maximum atomic E-state index is 11.6. The third kappa shape index (κ3) is 3.78. The van der Waals surface area contributed by atoms with Gasteiger partial charge in [-0.25, -0.2) is 4.79 Å². The van der Waals surface area contributed by atoms with Crippen molar-refractivity contribution in [2.24, 2.45) is 0 Å². The predicted molar refractivity (Wildman–Crippen MR) is 67.4 cm³/mol. The Morgan fingerprint density at radius 2 is 2.12 bits per heavy atom. The van der Waals surface area contributed by atoms with Gasteiger partial charge in [0, 0.05) is 5.75 Å². The highest BCUT2D eigenvalue weighted by Gasteiger charge is 2.34. The van der Waals surface area contributed by atoms with E-state index >= 15 is 0 Å². The van der Waals surface area contributed by atoms with Gasteiger partial charge in [0.2, 0.25) is 6.41 Å². The summed E-state index contributed by atoms with van der Waals surface area (Å²) in [6.45, 7) is 1.63. The Bertz CT molecular complexity index is 383. The highest BCUT2D eigenvalue weighted by molar-refractivity contribution is 8.00. The Labute approximate surface area is 105 Å². The maximum absolute atomic E-state index is 11.6. The molecule has 0 aliphatic heterocycles. The van der Waals surface area contributed by atoms with Gasteiger partial charge in [-0.15, -0.1) is 11.8 Å². The number of amides is 1. The number of methoxy groups -OCH3 is 1. The van der Waals surface area contributed by atoms with Crippen LogP contribution in [0, 0.1) is 0 Å². The second kappa shape index (κ2) is 6.30. The Morgan fingerprint density at radius 1 is 1.47 bits per heavy atom. The normalized spacial score (nSPS) is 13.5. The minimum atomic E-state index is -1.05. The Hall–Kier alpha value is -1.49. The van der Waals surface area contributed by atoms with E-state index in [1.807, 2.05) is 30.3 Å². The molecule has 0 saturated carbocycles. The average molecular weight is 253 g/mol. The minimum Gasteiger partial charge on any atom is -0.467 e. The third-order valence-corrected chi connectivity index (χ3v) is 3.62. The summed E-state index contributed by atoms with van der Waals surface area (Å²) in [6.07, 6.45) is 0.509. The maximum Gasteiger partial charge on any atom is 0.341 e. The van der Waals surface area contributed by atoms with Crippen molar-refractivity contribution in [1.29, 1.82) is 0 Å². The van der Waals surface area contributed by atoms with Crippen LogP contribution in [0.4, 0.5) is 0 Å². The van der Waals surface area contributed by atoms with Crippen LogP contribution in [0.3, 0.4) is 0 Å². The van der Waals surface area contributed by atoms with Crippen molar-refractivity contribution in [3.05, 3.63) is 35.9 Å². The molecular formula is C12H15NO3S. The minimum absolute atomic E-state index is 0.467. The predicted octanol–water partition coefficient (Wildman–Crippen LogP) is 1.55. The van der Waals surface area contributed by atoms with E-state index in [2.05, 4.69) is 10.1 Å². The van der Waals surface area contributed by atoms with Crippen LogP contribution in [0.1, 0.15) is 12.5 Å². The topological polar surface area (TPSA) is 55.4 Å². The van der Waals surface area contributed by atoms with E-state index in [-0.39, 0.29) is 0 Å². The first-order valence-electron chi connectivity index (χ1n) is 5.10. The van der Waals surface area contributed by atoms with Crippen molar-refractivity contribution in [2.75, 3.05) is 7.11 Å². The Balaban J connectivity index is 2.68. The molecule has 0 heterocycles. The van der Waals surface area contributed by atoms with Gasteiger partial charge in [0.1, 0.15) is 0 Å². The second-order valence-electron chi connectivity index (χ2n) is 3.56. The molecule has 1 aromatic carbocycles. The van der Waals surface area contributed by atoms with Crippen molar-refractivity contribution < 1.29 is 14.3 Å². The third-order valence-electron chi connectivity index (χ3n) is 2.28. The summed E-state index contributed by atoms with van der Waals surface area (Å²) in [5.41, 5.74) is 1.08. The van der Waals surface area contributed by atoms with Crippen LogP contribution in [-0.4, -0.2) is 24.4 Å². The van der Waals surface area contributed by atoms with Gasteiger partial charge < -0.3 is 10.1 Å². The summed E-state index contributed by atoms with van der Waals surface area (Å²) < 4.78 is 4.68.